The Hall–Kier alpha value is -0.830. The van der Waals surface area contributed by atoms with Crippen LogP contribution in [0.3, 0.4) is 0 Å². The van der Waals surface area contributed by atoms with E-state index in [2.05, 4.69) is 16.3 Å². The lowest BCUT2D eigenvalue weighted by molar-refractivity contribution is 0.771. The van der Waals surface area contributed by atoms with E-state index in [0.29, 0.717) is 0 Å². The highest BCUT2D eigenvalue weighted by Crippen LogP contribution is 2.39. The van der Waals surface area contributed by atoms with E-state index in [1.807, 2.05) is 6.92 Å². The number of aromatic amines is 1. The predicted molar refractivity (Wildman–Crippen MR) is 43.2 cm³/mol. The molecule has 1 aromatic heterocycles. The van der Waals surface area contributed by atoms with Gasteiger partial charge in [-0.25, -0.2) is 0 Å². The summed E-state index contributed by atoms with van der Waals surface area (Å²) in [4.78, 5) is 0. The van der Waals surface area contributed by atoms with Gasteiger partial charge >= 0.3 is 0 Å². The minimum Gasteiger partial charge on any atom is -0.323 e. The zero-order valence-corrected chi connectivity index (χ0v) is 6.67. The fourth-order valence-electron chi connectivity index (χ4n) is 1.19. The molecule has 1 aliphatic rings. The Morgan fingerprint density at radius 1 is 1.73 bits per heavy atom. The fraction of sp³-hybridized carbons (Fsp3) is 0.625. The topological polar surface area (TPSA) is 54.7 Å². The molecule has 0 saturated heterocycles. The number of hydrogen-bond acceptors (Lipinski definition) is 2. The molecule has 2 rings (SSSR count). The summed E-state index contributed by atoms with van der Waals surface area (Å²) in [7, 11) is 0. The Morgan fingerprint density at radius 2 is 2.45 bits per heavy atom. The van der Waals surface area contributed by atoms with Crippen LogP contribution >= 0.6 is 0 Å². The molecular weight excluding hydrogens is 138 g/mol. The Balaban J connectivity index is 2.18. The molecule has 3 N–H and O–H groups in total. The highest BCUT2D eigenvalue weighted by molar-refractivity contribution is 5.18. The first kappa shape index (κ1) is 6.85. The number of hydrogen-bond donors (Lipinski definition) is 2. The zero-order chi connectivity index (χ0) is 7.84. The highest BCUT2D eigenvalue weighted by atomic mass is 15.1. The van der Waals surface area contributed by atoms with Gasteiger partial charge in [-0.3, -0.25) is 5.10 Å². The number of aromatic nitrogens is 2. The maximum Gasteiger partial charge on any atom is 0.0789 e. The van der Waals surface area contributed by atoms with Crippen molar-refractivity contribution < 1.29 is 0 Å². The number of nitrogens with zero attached hydrogens (tertiary/aromatic N) is 1. The Kier molecular flexibility index (Phi) is 1.46. The summed E-state index contributed by atoms with van der Waals surface area (Å²) >= 11 is 0. The van der Waals surface area contributed by atoms with E-state index in [0.717, 1.165) is 11.6 Å². The molecule has 0 amide bonds. The molecule has 3 heteroatoms. The van der Waals surface area contributed by atoms with E-state index in [4.69, 9.17) is 5.73 Å². The lowest BCUT2D eigenvalue weighted by Crippen LogP contribution is -2.04. The van der Waals surface area contributed by atoms with E-state index in [1.54, 1.807) is 0 Å². The summed E-state index contributed by atoms with van der Waals surface area (Å²) < 4.78 is 0. The van der Waals surface area contributed by atoms with Gasteiger partial charge in [0, 0.05) is 17.7 Å². The molecule has 1 saturated carbocycles. The monoisotopic (exact) mass is 151 g/mol. The smallest absolute Gasteiger partial charge is 0.0789 e. The quantitative estimate of drug-likeness (QED) is 0.669. The molecule has 0 bridgehead atoms. The summed E-state index contributed by atoms with van der Waals surface area (Å²) in [5.74, 6) is 0.745. The van der Waals surface area contributed by atoms with Crippen LogP contribution in [0, 0.1) is 0 Å². The summed E-state index contributed by atoms with van der Waals surface area (Å²) in [5, 5.41) is 7.15. The van der Waals surface area contributed by atoms with Crippen molar-refractivity contribution in [2.45, 2.75) is 31.7 Å². The fourth-order valence-corrected chi connectivity index (χ4v) is 1.19. The Labute approximate surface area is 66.0 Å². The van der Waals surface area contributed by atoms with Gasteiger partial charge in [-0.2, -0.15) is 5.10 Å². The molecule has 60 valence electrons. The van der Waals surface area contributed by atoms with E-state index in [9.17, 15) is 0 Å². The largest absolute Gasteiger partial charge is 0.323 e. The predicted octanol–water partition coefficient (Wildman–Crippen LogP) is 1.31. The van der Waals surface area contributed by atoms with Crippen LogP contribution in [0.1, 0.15) is 43.1 Å². The first-order chi connectivity index (χ1) is 5.27. The molecule has 3 nitrogen and oxygen atoms in total. The molecule has 1 atom stereocenters. The van der Waals surface area contributed by atoms with Crippen molar-refractivity contribution in [1.29, 1.82) is 0 Å². The van der Waals surface area contributed by atoms with Gasteiger partial charge < -0.3 is 5.73 Å². The molecule has 1 fully saturated rings. The van der Waals surface area contributed by atoms with Gasteiger partial charge in [0.05, 0.1) is 5.69 Å². The average molecular weight is 151 g/mol. The standard InChI is InChI=1S/C8H13N3/c1-5(9)7-4-8(11-10-7)6-2-3-6/h4-6H,2-3,9H2,1H3,(H,10,11). The Morgan fingerprint density at radius 3 is 2.91 bits per heavy atom. The second kappa shape index (κ2) is 2.34. The third kappa shape index (κ3) is 1.28. The van der Waals surface area contributed by atoms with Gasteiger partial charge in [0.25, 0.3) is 0 Å². The van der Waals surface area contributed by atoms with Crippen molar-refractivity contribution in [3.05, 3.63) is 17.5 Å². The third-order valence-corrected chi connectivity index (χ3v) is 2.10. The average Bonchev–Trinajstić information content (AvgIpc) is 2.68. The van der Waals surface area contributed by atoms with Crippen LogP contribution in [-0.4, -0.2) is 10.2 Å². The zero-order valence-electron chi connectivity index (χ0n) is 6.67. The van der Waals surface area contributed by atoms with Gasteiger partial charge in [0.1, 0.15) is 0 Å². The summed E-state index contributed by atoms with van der Waals surface area (Å²) in [5.41, 5.74) is 7.91. The van der Waals surface area contributed by atoms with E-state index in [-0.39, 0.29) is 6.04 Å². The van der Waals surface area contributed by atoms with Crippen LogP contribution in [0.2, 0.25) is 0 Å². The molecule has 1 aromatic rings. The molecule has 0 aliphatic heterocycles. The minimum atomic E-state index is 0.0544. The van der Waals surface area contributed by atoms with Crippen molar-refractivity contribution in [3.63, 3.8) is 0 Å². The van der Waals surface area contributed by atoms with E-state index in [1.165, 1.54) is 18.5 Å². The lowest BCUT2D eigenvalue weighted by Gasteiger charge is -1.95. The van der Waals surface area contributed by atoms with Crippen LogP contribution in [0.5, 0.6) is 0 Å². The number of rotatable bonds is 2. The second-order valence-corrected chi connectivity index (χ2v) is 3.31. The number of nitrogens with one attached hydrogen (secondary N) is 1. The van der Waals surface area contributed by atoms with Gasteiger partial charge in [0.2, 0.25) is 0 Å². The maximum atomic E-state index is 5.67. The van der Waals surface area contributed by atoms with Crippen molar-refractivity contribution >= 4 is 0 Å². The summed E-state index contributed by atoms with van der Waals surface area (Å²) in [6.45, 7) is 1.95. The van der Waals surface area contributed by atoms with Crippen LogP contribution in [0.4, 0.5) is 0 Å². The highest BCUT2D eigenvalue weighted by Gasteiger charge is 2.25. The number of nitrogens with two attached hydrogens (primary N) is 1. The summed E-state index contributed by atoms with van der Waals surface area (Å²) in [6.07, 6.45) is 2.61. The van der Waals surface area contributed by atoms with Gasteiger partial charge in [-0.05, 0) is 25.8 Å². The summed E-state index contributed by atoms with van der Waals surface area (Å²) in [6, 6.07) is 2.14. The van der Waals surface area contributed by atoms with Crippen LogP contribution in [-0.2, 0) is 0 Å². The molecule has 1 unspecified atom stereocenters. The molecule has 0 aromatic carbocycles. The van der Waals surface area contributed by atoms with Crippen molar-refractivity contribution in [3.8, 4) is 0 Å². The third-order valence-electron chi connectivity index (χ3n) is 2.10. The van der Waals surface area contributed by atoms with Crippen molar-refractivity contribution in [1.82, 2.24) is 10.2 Å². The van der Waals surface area contributed by atoms with Gasteiger partial charge in [-0.1, -0.05) is 0 Å². The van der Waals surface area contributed by atoms with Gasteiger partial charge in [0.15, 0.2) is 0 Å². The van der Waals surface area contributed by atoms with Crippen LogP contribution in [0.15, 0.2) is 6.07 Å². The molecule has 1 aliphatic carbocycles. The molecule has 11 heavy (non-hydrogen) atoms. The number of H-pyrrole nitrogens is 1. The second-order valence-electron chi connectivity index (χ2n) is 3.31. The van der Waals surface area contributed by atoms with Crippen LogP contribution in [0.25, 0.3) is 0 Å². The van der Waals surface area contributed by atoms with Gasteiger partial charge in [-0.15, -0.1) is 0 Å². The first-order valence-corrected chi connectivity index (χ1v) is 4.08. The minimum absolute atomic E-state index is 0.0544. The van der Waals surface area contributed by atoms with Crippen molar-refractivity contribution in [2.75, 3.05) is 0 Å². The Bertz CT molecular complexity index is 231. The SMILES string of the molecule is CC(N)c1cc(C2CC2)[nH]n1. The molecule has 1 heterocycles. The lowest BCUT2D eigenvalue weighted by atomic mass is 10.2. The van der Waals surface area contributed by atoms with Crippen molar-refractivity contribution in [2.24, 2.45) is 5.73 Å². The molecule has 0 spiro atoms. The molecular formula is C8H13N3. The molecule has 0 radical (unpaired) electrons. The van der Waals surface area contributed by atoms with Crippen LogP contribution < -0.4 is 5.73 Å². The normalized spacial score (nSPS) is 20.2. The van der Waals surface area contributed by atoms with E-state index >= 15 is 0 Å². The maximum absolute atomic E-state index is 5.67. The van der Waals surface area contributed by atoms with E-state index < -0.39 is 0 Å². The first-order valence-electron chi connectivity index (χ1n) is 4.08.